The molecular weight excluding hydrogens is 172 g/mol. The number of benzene rings is 1. The molecular formula is C8H7N2O3. The van der Waals surface area contributed by atoms with Crippen molar-refractivity contribution in [3.8, 4) is 0 Å². The van der Waals surface area contributed by atoms with Crippen LogP contribution in [0.2, 0.25) is 0 Å². The third-order valence-electron chi connectivity index (χ3n) is 1.32. The van der Waals surface area contributed by atoms with Crippen LogP contribution in [0.3, 0.4) is 0 Å². The largest absolute Gasteiger partial charge is 0.326 e. The molecule has 0 atom stereocenters. The van der Waals surface area contributed by atoms with Crippen molar-refractivity contribution in [3.63, 3.8) is 0 Å². The van der Waals surface area contributed by atoms with Gasteiger partial charge in [0, 0.05) is 30.8 Å². The van der Waals surface area contributed by atoms with Gasteiger partial charge in [-0.15, -0.1) is 0 Å². The van der Waals surface area contributed by atoms with Gasteiger partial charge in [0.25, 0.3) is 5.69 Å². The summed E-state index contributed by atoms with van der Waals surface area (Å²) in [5.74, 6) is -0.231. The third-order valence-corrected chi connectivity index (χ3v) is 1.32. The monoisotopic (exact) mass is 179 g/mol. The van der Waals surface area contributed by atoms with E-state index in [0.29, 0.717) is 5.69 Å². The van der Waals surface area contributed by atoms with E-state index in [1.54, 1.807) is 0 Å². The topological polar surface area (TPSA) is 72.2 Å². The number of nitro benzene ring substituents is 1. The van der Waals surface area contributed by atoms with Crippen molar-refractivity contribution < 1.29 is 9.72 Å². The first-order valence-corrected chi connectivity index (χ1v) is 3.53. The number of nitro groups is 1. The van der Waals surface area contributed by atoms with Gasteiger partial charge in [0.15, 0.2) is 0 Å². The van der Waals surface area contributed by atoms with Crippen LogP contribution >= 0.6 is 0 Å². The first-order chi connectivity index (χ1) is 6.09. The van der Waals surface area contributed by atoms with Crippen molar-refractivity contribution in [1.82, 2.24) is 0 Å². The number of amides is 1. The number of carbonyl (C=O) groups is 1. The van der Waals surface area contributed by atoms with Crippen LogP contribution in [0.25, 0.3) is 0 Å². The summed E-state index contributed by atoms with van der Waals surface area (Å²) in [6.07, 6.45) is 0. The van der Waals surface area contributed by atoms with Crippen LogP contribution in [0, 0.1) is 16.2 Å². The van der Waals surface area contributed by atoms with Crippen molar-refractivity contribution in [2.75, 3.05) is 5.32 Å². The molecule has 13 heavy (non-hydrogen) atoms. The van der Waals surface area contributed by atoms with Gasteiger partial charge in [-0.1, -0.05) is 0 Å². The maximum Gasteiger partial charge on any atom is 0.270 e. The summed E-state index contributed by atoms with van der Waals surface area (Å²) in [5, 5.41) is 12.7. The Morgan fingerprint density at radius 3 is 2.69 bits per heavy atom. The highest BCUT2D eigenvalue weighted by Gasteiger charge is 2.04. The van der Waals surface area contributed by atoms with Gasteiger partial charge >= 0.3 is 0 Å². The number of non-ortho nitro benzene ring substituents is 1. The van der Waals surface area contributed by atoms with Gasteiger partial charge in [0.05, 0.1) is 4.92 Å². The molecule has 1 rings (SSSR count). The van der Waals surface area contributed by atoms with Crippen molar-refractivity contribution in [2.24, 2.45) is 0 Å². The lowest BCUT2D eigenvalue weighted by Crippen LogP contribution is -2.05. The second-order valence-electron chi connectivity index (χ2n) is 2.40. The molecule has 1 radical (unpaired) electrons. The molecule has 0 bridgehead atoms. The minimum atomic E-state index is -0.520. The maximum absolute atomic E-state index is 10.6. The van der Waals surface area contributed by atoms with E-state index >= 15 is 0 Å². The van der Waals surface area contributed by atoms with E-state index in [-0.39, 0.29) is 11.6 Å². The average molecular weight is 179 g/mol. The predicted molar refractivity (Wildman–Crippen MR) is 46.2 cm³/mol. The molecule has 0 aromatic heterocycles. The Balaban J connectivity index is 2.81. The smallest absolute Gasteiger partial charge is 0.270 e. The fourth-order valence-corrected chi connectivity index (χ4v) is 0.798. The number of nitrogens with one attached hydrogen (secondary N) is 1. The minimum absolute atomic E-state index is 0.0471. The lowest BCUT2D eigenvalue weighted by atomic mass is 10.3. The predicted octanol–water partition coefficient (Wildman–Crippen LogP) is 1.35. The van der Waals surface area contributed by atoms with Crippen LogP contribution in [0.5, 0.6) is 0 Å². The van der Waals surface area contributed by atoms with Crippen LogP contribution in [0.4, 0.5) is 11.4 Å². The first kappa shape index (κ1) is 9.18. The Bertz CT molecular complexity index is 332. The molecule has 0 saturated carbocycles. The Morgan fingerprint density at radius 1 is 1.62 bits per heavy atom. The van der Waals surface area contributed by atoms with Crippen molar-refractivity contribution >= 4 is 17.3 Å². The van der Waals surface area contributed by atoms with Gasteiger partial charge in [-0.25, -0.2) is 0 Å². The second kappa shape index (κ2) is 3.66. The number of rotatable bonds is 2. The Kier molecular flexibility index (Phi) is 2.59. The summed E-state index contributed by atoms with van der Waals surface area (Å²) in [5.41, 5.74) is 0.382. The molecule has 1 N–H and O–H groups in total. The molecule has 0 saturated heterocycles. The summed E-state index contributed by atoms with van der Waals surface area (Å²) >= 11 is 0. The van der Waals surface area contributed by atoms with Crippen molar-refractivity contribution in [2.45, 2.75) is 6.92 Å². The number of hydrogen-bond acceptors (Lipinski definition) is 3. The first-order valence-electron chi connectivity index (χ1n) is 3.53. The van der Waals surface area contributed by atoms with Gasteiger partial charge in [0.1, 0.15) is 0 Å². The molecule has 0 aliphatic heterocycles. The lowest BCUT2D eigenvalue weighted by Gasteiger charge is -1.99. The molecule has 5 heteroatoms. The Labute approximate surface area is 74.5 Å². The number of carbonyl (C=O) groups excluding carboxylic acids is 1. The molecule has 1 aromatic rings. The summed E-state index contributed by atoms with van der Waals surface area (Å²) in [4.78, 5) is 20.3. The third kappa shape index (κ3) is 2.55. The van der Waals surface area contributed by atoms with E-state index in [1.165, 1.54) is 25.1 Å². The molecule has 67 valence electrons. The highest BCUT2D eigenvalue weighted by molar-refractivity contribution is 5.88. The van der Waals surface area contributed by atoms with Crippen LogP contribution < -0.4 is 5.32 Å². The minimum Gasteiger partial charge on any atom is -0.326 e. The van der Waals surface area contributed by atoms with E-state index in [4.69, 9.17) is 0 Å². The number of anilines is 1. The zero-order chi connectivity index (χ0) is 9.84. The molecule has 0 aliphatic rings. The molecule has 0 unspecified atom stereocenters. The maximum atomic E-state index is 10.6. The molecule has 0 spiro atoms. The highest BCUT2D eigenvalue weighted by Crippen LogP contribution is 2.14. The van der Waals surface area contributed by atoms with Crippen molar-refractivity contribution in [3.05, 3.63) is 34.4 Å². The number of nitrogens with zero attached hydrogens (tertiary/aromatic N) is 1. The quantitative estimate of drug-likeness (QED) is 0.550. The highest BCUT2D eigenvalue weighted by atomic mass is 16.6. The normalized spacial score (nSPS) is 9.31. The Hall–Kier alpha value is -1.91. The molecule has 0 fully saturated rings. The lowest BCUT2D eigenvalue weighted by molar-refractivity contribution is -0.384. The zero-order valence-corrected chi connectivity index (χ0v) is 6.90. The Morgan fingerprint density at radius 2 is 2.31 bits per heavy atom. The molecule has 0 heterocycles. The molecule has 1 aromatic carbocycles. The summed E-state index contributed by atoms with van der Waals surface area (Å²) in [6.45, 7) is 1.36. The zero-order valence-electron chi connectivity index (χ0n) is 6.90. The van der Waals surface area contributed by atoms with E-state index < -0.39 is 4.92 Å². The number of hydrogen-bond donors (Lipinski definition) is 1. The van der Waals surface area contributed by atoms with Crippen LogP contribution in [-0.4, -0.2) is 10.8 Å². The van der Waals surface area contributed by atoms with Gasteiger partial charge in [-0.3, -0.25) is 14.9 Å². The van der Waals surface area contributed by atoms with E-state index in [0.717, 1.165) is 0 Å². The van der Waals surface area contributed by atoms with Crippen molar-refractivity contribution in [1.29, 1.82) is 0 Å². The summed E-state index contributed by atoms with van der Waals surface area (Å²) in [7, 11) is 0. The summed E-state index contributed by atoms with van der Waals surface area (Å²) < 4.78 is 0. The summed E-state index contributed by atoms with van der Waals surface area (Å²) in [6, 6.07) is 6.53. The fourth-order valence-electron chi connectivity index (χ4n) is 0.798. The molecule has 0 aliphatic carbocycles. The van der Waals surface area contributed by atoms with Crippen LogP contribution in [0.15, 0.2) is 18.2 Å². The average Bonchev–Trinajstić information content (AvgIpc) is 2.04. The van der Waals surface area contributed by atoms with Crippen LogP contribution in [-0.2, 0) is 4.79 Å². The second-order valence-corrected chi connectivity index (χ2v) is 2.40. The molecule has 1 amide bonds. The van der Waals surface area contributed by atoms with Gasteiger partial charge < -0.3 is 5.32 Å². The van der Waals surface area contributed by atoms with E-state index in [1.807, 2.05) is 0 Å². The van der Waals surface area contributed by atoms with E-state index in [9.17, 15) is 14.9 Å². The van der Waals surface area contributed by atoms with E-state index in [2.05, 4.69) is 11.4 Å². The van der Waals surface area contributed by atoms with Gasteiger partial charge in [0.2, 0.25) is 5.91 Å². The SMILES string of the molecule is CC(=O)Nc1[c]cc([N+](=O)[O-])cc1. The molecule has 5 nitrogen and oxygen atoms in total. The fraction of sp³-hybridized carbons (Fsp3) is 0.125. The van der Waals surface area contributed by atoms with Gasteiger partial charge in [-0.2, -0.15) is 0 Å². The van der Waals surface area contributed by atoms with Gasteiger partial charge in [-0.05, 0) is 6.07 Å². The standard InChI is InChI=1S/C8H7N2O3/c1-6(11)9-7-2-4-8(5-3-7)10(12)13/h2,4-5H,1H3,(H,9,11). The van der Waals surface area contributed by atoms with Crippen LogP contribution in [0.1, 0.15) is 6.92 Å².